The summed E-state index contributed by atoms with van der Waals surface area (Å²) in [5, 5.41) is 9.99. The molecular formula is C16H24N6O. The summed E-state index contributed by atoms with van der Waals surface area (Å²) in [5.41, 5.74) is 8.72. The number of H-pyrrole nitrogens is 1. The zero-order valence-electron chi connectivity index (χ0n) is 14.1. The standard InChI is InChI=1S/C16H24N6O/c1-9(2)5-12-8-14(20-16(17)19-12)15(23)18-10(3)6-13-7-11(4)21-22-13/h7-10H,5-6H2,1-4H3,(H,18,23)(H,21,22)(H2,17,19,20). The molecule has 1 unspecified atom stereocenters. The highest BCUT2D eigenvalue weighted by Gasteiger charge is 2.15. The van der Waals surface area contributed by atoms with E-state index in [4.69, 9.17) is 5.73 Å². The Morgan fingerprint density at radius 1 is 1.22 bits per heavy atom. The molecule has 7 heteroatoms. The number of carbonyl (C=O) groups excluding carboxylic acids is 1. The van der Waals surface area contributed by atoms with E-state index >= 15 is 0 Å². The summed E-state index contributed by atoms with van der Waals surface area (Å²) in [5.74, 6) is 0.315. The summed E-state index contributed by atoms with van der Waals surface area (Å²) in [6.07, 6.45) is 1.41. The number of anilines is 1. The van der Waals surface area contributed by atoms with Crippen molar-refractivity contribution in [1.29, 1.82) is 0 Å². The van der Waals surface area contributed by atoms with Crippen molar-refractivity contribution < 1.29 is 4.79 Å². The van der Waals surface area contributed by atoms with E-state index in [1.807, 2.05) is 19.9 Å². The van der Waals surface area contributed by atoms with Gasteiger partial charge < -0.3 is 11.1 Å². The largest absolute Gasteiger partial charge is 0.368 e. The molecule has 1 amide bonds. The maximum Gasteiger partial charge on any atom is 0.270 e. The Labute approximate surface area is 136 Å². The molecule has 2 heterocycles. The van der Waals surface area contributed by atoms with E-state index in [0.717, 1.165) is 23.5 Å². The number of aryl methyl sites for hydroxylation is 1. The van der Waals surface area contributed by atoms with Gasteiger partial charge in [0.25, 0.3) is 5.91 Å². The number of aromatic amines is 1. The van der Waals surface area contributed by atoms with Crippen LogP contribution in [0.2, 0.25) is 0 Å². The SMILES string of the molecule is Cc1cc(CC(C)NC(=O)c2cc(CC(C)C)nc(N)n2)n[nH]1. The number of nitrogens with two attached hydrogens (primary N) is 1. The molecule has 0 spiro atoms. The third kappa shape index (κ3) is 5.05. The quantitative estimate of drug-likeness (QED) is 0.750. The molecule has 0 saturated heterocycles. The van der Waals surface area contributed by atoms with Crippen molar-refractivity contribution in [2.24, 2.45) is 5.92 Å². The van der Waals surface area contributed by atoms with Gasteiger partial charge in [-0.25, -0.2) is 9.97 Å². The van der Waals surface area contributed by atoms with Crippen molar-refractivity contribution in [2.45, 2.75) is 46.6 Å². The molecule has 0 saturated carbocycles. The molecule has 4 N–H and O–H groups in total. The number of nitrogen functional groups attached to an aromatic ring is 1. The predicted molar refractivity (Wildman–Crippen MR) is 88.9 cm³/mol. The van der Waals surface area contributed by atoms with Crippen LogP contribution in [0.4, 0.5) is 5.95 Å². The van der Waals surface area contributed by atoms with E-state index in [1.54, 1.807) is 6.07 Å². The van der Waals surface area contributed by atoms with E-state index in [1.165, 1.54) is 0 Å². The maximum absolute atomic E-state index is 12.4. The molecule has 1 atom stereocenters. The Kier molecular flexibility index (Phi) is 5.31. The van der Waals surface area contributed by atoms with Crippen molar-refractivity contribution in [3.8, 4) is 0 Å². The van der Waals surface area contributed by atoms with E-state index in [-0.39, 0.29) is 17.9 Å². The topological polar surface area (TPSA) is 110 Å². The highest BCUT2D eigenvalue weighted by Crippen LogP contribution is 2.09. The van der Waals surface area contributed by atoms with Crippen molar-refractivity contribution in [1.82, 2.24) is 25.5 Å². The van der Waals surface area contributed by atoms with Gasteiger partial charge in [0.1, 0.15) is 5.69 Å². The van der Waals surface area contributed by atoms with Gasteiger partial charge in [0, 0.05) is 23.9 Å². The number of nitrogens with one attached hydrogen (secondary N) is 2. The molecule has 0 bridgehead atoms. The molecule has 0 radical (unpaired) electrons. The van der Waals surface area contributed by atoms with Crippen LogP contribution in [0.25, 0.3) is 0 Å². The van der Waals surface area contributed by atoms with Gasteiger partial charge in [-0.15, -0.1) is 0 Å². The predicted octanol–water partition coefficient (Wildman–Crippen LogP) is 1.65. The molecule has 2 aromatic rings. The zero-order chi connectivity index (χ0) is 17.0. The smallest absolute Gasteiger partial charge is 0.270 e. The van der Waals surface area contributed by atoms with E-state index < -0.39 is 0 Å². The Hall–Kier alpha value is -2.44. The second-order valence-electron chi connectivity index (χ2n) is 6.32. The van der Waals surface area contributed by atoms with Crippen molar-refractivity contribution in [3.05, 3.63) is 34.9 Å². The van der Waals surface area contributed by atoms with Gasteiger partial charge in [-0.1, -0.05) is 13.8 Å². The van der Waals surface area contributed by atoms with Gasteiger partial charge in [-0.2, -0.15) is 5.10 Å². The lowest BCUT2D eigenvalue weighted by molar-refractivity contribution is 0.0934. The Balaban J connectivity index is 2.03. The fourth-order valence-corrected chi connectivity index (χ4v) is 2.40. The third-order valence-corrected chi connectivity index (χ3v) is 3.30. The van der Waals surface area contributed by atoms with Gasteiger partial charge in [-0.3, -0.25) is 9.89 Å². The van der Waals surface area contributed by atoms with Gasteiger partial charge in [0.05, 0.1) is 5.69 Å². The minimum atomic E-state index is -0.246. The molecule has 0 aliphatic rings. The van der Waals surface area contributed by atoms with Gasteiger partial charge in [0.2, 0.25) is 5.95 Å². The first-order valence-electron chi connectivity index (χ1n) is 7.78. The number of carbonyl (C=O) groups is 1. The summed E-state index contributed by atoms with van der Waals surface area (Å²) < 4.78 is 0. The molecule has 2 rings (SSSR count). The first kappa shape index (κ1) is 16.9. The number of nitrogens with zero attached hydrogens (tertiary/aromatic N) is 3. The lowest BCUT2D eigenvalue weighted by Crippen LogP contribution is -2.35. The zero-order valence-corrected chi connectivity index (χ0v) is 14.1. The lowest BCUT2D eigenvalue weighted by atomic mass is 10.1. The van der Waals surface area contributed by atoms with Gasteiger partial charge in [0.15, 0.2) is 0 Å². The summed E-state index contributed by atoms with van der Waals surface area (Å²) in [6.45, 7) is 8.05. The van der Waals surface area contributed by atoms with E-state index in [0.29, 0.717) is 18.0 Å². The number of hydrogen-bond donors (Lipinski definition) is 3. The summed E-state index contributed by atoms with van der Waals surface area (Å²) in [6, 6.07) is 3.61. The normalized spacial score (nSPS) is 12.4. The van der Waals surface area contributed by atoms with Crippen molar-refractivity contribution in [2.75, 3.05) is 5.73 Å². The summed E-state index contributed by atoms with van der Waals surface area (Å²) >= 11 is 0. The van der Waals surface area contributed by atoms with Gasteiger partial charge in [-0.05, 0) is 38.3 Å². The minimum absolute atomic E-state index is 0.0602. The highest BCUT2D eigenvalue weighted by molar-refractivity contribution is 5.92. The number of rotatable bonds is 6. The second-order valence-corrected chi connectivity index (χ2v) is 6.32. The molecule has 0 fully saturated rings. The molecular weight excluding hydrogens is 292 g/mol. The fourth-order valence-electron chi connectivity index (χ4n) is 2.40. The second kappa shape index (κ2) is 7.21. The number of hydrogen-bond acceptors (Lipinski definition) is 5. The Bertz CT molecular complexity index is 679. The fraction of sp³-hybridized carbons (Fsp3) is 0.500. The number of amides is 1. The van der Waals surface area contributed by atoms with Crippen LogP contribution in [-0.2, 0) is 12.8 Å². The minimum Gasteiger partial charge on any atom is -0.368 e. The van der Waals surface area contributed by atoms with Crippen LogP contribution in [0, 0.1) is 12.8 Å². The van der Waals surface area contributed by atoms with Crippen LogP contribution in [0.15, 0.2) is 12.1 Å². The van der Waals surface area contributed by atoms with Gasteiger partial charge >= 0.3 is 0 Å². The van der Waals surface area contributed by atoms with Crippen LogP contribution in [0.3, 0.4) is 0 Å². The lowest BCUT2D eigenvalue weighted by Gasteiger charge is -2.13. The van der Waals surface area contributed by atoms with Crippen LogP contribution in [0.5, 0.6) is 0 Å². The first-order valence-corrected chi connectivity index (χ1v) is 7.78. The average Bonchev–Trinajstić information content (AvgIpc) is 2.82. The molecule has 0 aliphatic heterocycles. The summed E-state index contributed by atoms with van der Waals surface area (Å²) in [7, 11) is 0. The third-order valence-electron chi connectivity index (χ3n) is 3.30. The molecule has 0 aliphatic carbocycles. The van der Waals surface area contributed by atoms with E-state index in [2.05, 4.69) is 39.3 Å². The van der Waals surface area contributed by atoms with E-state index in [9.17, 15) is 4.79 Å². The Morgan fingerprint density at radius 2 is 1.96 bits per heavy atom. The average molecular weight is 316 g/mol. The first-order chi connectivity index (χ1) is 10.8. The molecule has 124 valence electrons. The number of aromatic nitrogens is 4. The molecule has 2 aromatic heterocycles. The summed E-state index contributed by atoms with van der Waals surface area (Å²) in [4.78, 5) is 20.6. The molecule has 7 nitrogen and oxygen atoms in total. The van der Waals surface area contributed by atoms with Crippen LogP contribution in [-0.4, -0.2) is 32.1 Å². The monoisotopic (exact) mass is 316 g/mol. The van der Waals surface area contributed by atoms with Crippen LogP contribution in [0.1, 0.15) is 48.3 Å². The maximum atomic E-state index is 12.4. The molecule has 23 heavy (non-hydrogen) atoms. The Morgan fingerprint density at radius 3 is 2.57 bits per heavy atom. The van der Waals surface area contributed by atoms with Crippen LogP contribution < -0.4 is 11.1 Å². The highest BCUT2D eigenvalue weighted by atomic mass is 16.1. The van der Waals surface area contributed by atoms with Crippen molar-refractivity contribution >= 4 is 11.9 Å². The molecule has 0 aromatic carbocycles. The van der Waals surface area contributed by atoms with Crippen molar-refractivity contribution in [3.63, 3.8) is 0 Å². The van der Waals surface area contributed by atoms with Crippen LogP contribution >= 0.6 is 0 Å².